The number of hydrogen-bond acceptors (Lipinski definition) is 8. The number of anilines is 1. The van der Waals surface area contributed by atoms with Crippen LogP contribution in [0.25, 0.3) is 11.0 Å². The Balaban J connectivity index is 1.52. The number of nitrogen functional groups attached to an aromatic ring is 1. The number of aliphatic carboxylic acids is 2. The second kappa shape index (κ2) is 14.2. The number of benzene rings is 2. The third kappa shape index (κ3) is 7.69. The van der Waals surface area contributed by atoms with E-state index in [9.17, 15) is 37.8 Å². The average molecular weight is 694 g/mol. The summed E-state index contributed by atoms with van der Waals surface area (Å²) in [6.45, 7) is 8.29. The monoisotopic (exact) mass is 693 g/mol. The number of aromatic nitrogens is 3. The summed E-state index contributed by atoms with van der Waals surface area (Å²) in [5.74, 6) is -4.81. The van der Waals surface area contributed by atoms with Crippen LogP contribution in [-0.4, -0.2) is 62.2 Å². The van der Waals surface area contributed by atoms with Crippen LogP contribution in [-0.2, 0) is 19.4 Å². The first-order chi connectivity index (χ1) is 22.9. The van der Waals surface area contributed by atoms with Crippen molar-refractivity contribution in [3.8, 4) is 0 Å². The van der Waals surface area contributed by atoms with Crippen molar-refractivity contribution in [2.24, 2.45) is 11.3 Å². The maximum Gasteiger partial charge on any atom is 0.330 e. The van der Waals surface area contributed by atoms with E-state index in [1.807, 2.05) is 6.92 Å². The molecule has 0 fully saturated rings. The van der Waals surface area contributed by atoms with Gasteiger partial charge in [0.05, 0.1) is 21.4 Å². The van der Waals surface area contributed by atoms with E-state index in [1.165, 1.54) is 24.3 Å². The van der Waals surface area contributed by atoms with Gasteiger partial charge in [-0.2, -0.15) is 4.98 Å². The quantitative estimate of drug-likeness (QED) is 0.107. The number of amides is 1. The minimum atomic E-state index is -3.63. The van der Waals surface area contributed by atoms with Crippen molar-refractivity contribution in [2.45, 2.75) is 81.9 Å². The molecule has 0 saturated heterocycles. The average Bonchev–Trinajstić information content (AvgIpc) is 3.47. The number of aromatic amines is 2. The molecule has 49 heavy (non-hydrogen) atoms. The molecule has 4 atom stereocenters. The van der Waals surface area contributed by atoms with Gasteiger partial charge in [-0.05, 0) is 67.0 Å². The van der Waals surface area contributed by atoms with E-state index in [4.69, 9.17) is 5.73 Å². The van der Waals surface area contributed by atoms with Gasteiger partial charge in [-0.3, -0.25) is 19.4 Å². The Bertz CT molecular complexity index is 2000. The molecule has 1 amide bonds. The van der Waals surface area contributed by atoms with Gasteiger partial charge >= 0.3 is 11.9 Å². The lowest BCUT2D eigenvalue weighted by Crippen LogP contribution is -2.63. The predicted octanol–water partition coefficient (Wildman–Crippen LogP) is 4.71. The van der Waals surface area contributed by atoms with Crippen molar-refractivity contribution in [2.75, 3.05) is 5.73 Å². The summed E-state index contributed by atoms with van der Waals surface area (Å²) in [5.41, 5.74) is 4.09. The summed E-state index contributed by atoms with van der Waals surface area (Å²) < 4.78 is 26.0. The summed E-state index contributed by atoms with van der Waals surface area (Å²) >= 11 is 0. The number of fused-ring (bicyclic) bond motifs is 1. The Hall–Kier alpha value is -4.98. The first-order valence-corrected chi connectivity index (χ1v) is 17.5. The molecule has 3 unspecified atom stereocenters. The third-order valence-electron chi connectivity index (χ3n) is 9.37. The zero-order valence-electron chi connectivity index (χ0n) is 28.1. The number of sulfone groups is 1. The molecule has 4 aromatic rings. The first kappa shape index (κ1) is 36.8. The van der Waals surface area contributed by atoms with Gasteiger partial charge in [-0.1, -0.05) is 64.4 Å². The number of carbonyl (C=O) groups is 3. The number of carboxylic acid groups (broad SMARTS) is 2. The SMILES string of the molecule is CC(c1ccc(C(=O)N[C@@](CC(CCCC(C)S(=O)(=O)c2ccccc2)C(=O)O)(C(=O)O)C(C)(C)C)cc1)c1c[nH]c2nc(N)[nH]c(=O)c12. The third-order valence-corrected chi connectivity index (χ3v) is 11.6. The lowest BCUT2D eigenvalue weighted by atomic mass is 9.68. The highest BCUT2D eigenvalue weighted by atomic mass is 32.2. The number of H-pyrrole nitrogens is 2. The highest BCUT2D eigenvalue weighted by molar-refractivity contribution is 7.92. The van der Waals surface area contributed by atoms with Gasteiger partial charge < -0.3 is 26.2 Å². The van der Waals surface area contributed by atoms with E-state index in [0.717, 1.165) is 5.56 Å². The highest BCUT2D eigenvalue weighted by Crippen LogP contribution is 2.38. The van der Waals surface area contributed by atoms with Crippen LogP contribution in [0.15, 0.2) is 70.5 Å². The van der Waals surface area contributed by atoms with E-state index in [0.29, 0.717) is 16.6 Å². The molecule has 0 bridgehead atoms. The molecule has 4 rings (SSSR count). The largest absolute Gasteiger partial charge is 0.481 e. The van der Waals surface area contributed by atoms with Crippen molar-refractivity contribution in [1.82, 2.24) is 20.3 Å². The van der Waals surface area contributed by atoms with E-state index in [1.54, 1.807) is 64.2 Å². The Kier molecular flexibility index (Phi) is 10.7. The summed E-state index contributed by atoms with van der Waals surface area (Å²) in [7, 11) is -3.63. The minimum Gasteiger partial charge on any atom is -0.481 e. The molecule has 262 valence electrons. The van der Waals surface area contributed by atoms with Crippen LogP contribution in [0, 0.1) is 11.3 Å². The number of nitrogens with one attached hydrogen (secondary N) is 3. The van der Waals surface area contributed by atoms with Crippen LogP contribution >= 0.6 is 0 Å². The van der Waals surface area contributed by atoms with Crippen molar-refractivity contribution in [1.29, 1.82) is 0 Å². The molecule has 0 saturated carbocycles. The van der Waals surface area contributed by atoms with Gasteiger partial charge in [0.2, 0.25) is 5.95 Å². The molecule has 2 aromatic carbocycles. The first-order valence-electron chi connectivity index (χ1n) is 15.9. The lowest BCUT2D eigenvalue weighted by Gasteiger charge is -2.43. The normalized spacial score (nSPS) is 15.2. The molecule has 0 aliphatic heterocycles. The number of carbonyl (C=O) groups excluding carboxylic acids is 1. The molecule has 2 aromatic heterocycles. The molecule has 7 N–H and O–H groups in total. The van der Waals surface area contributed by atoms with E-state index < -0.39 is 56.2 Å². The van der Waals surface area contributed by atoms with E-state index >= 15 is 0 Å². The minimum absolute atomic E-state index is 0.0103. The van der Waals surface area contributed by atoms with Gasteiger partial charge in [0.25, 0.3) is 11.5 Å². The fourth-order valence-corrected chi connectivity index (χ4v) is 7.61. The van der Waals surface area contributed by atoms with Crippen LogP contribution < -0.4 is 16.6 Å². The molecule has 2 heterocycles. The maximum absolute atomic E-state index is 13.6. The maximum atomic E-state index is 13.6. The second-order valence-electron chi connectivity index (χ2n) is 13.5. The number of nitrogens with zero attached hydrogens (tertiary/aromatic N) is 1. The smallest absolute Gasteiger partial charge is 0.330 e. The molecular weight excluding hydrogens is 650 g/mol. The van der Waals surface area contributed by atoms with Gasteiger partial charge in [0.15, 0.2) is 9.84 Å². The Labute approximate surface area is 284 Å². The van der Waals surface area contributed by atoms with Gasteiger partial charge in [-0.25, -0.2) is 13.2 Å². The van der Waals surface area contributed by atoms with Gasteiger partial charge in [0, 0.05) is 17.7 Å². The number of rotatable bonds is 14. The molecule has 13 nitrogen and oxygen atoms in total. The summed E-state index contributed by atoms with van der Waals surface area (Å²) in [4.78, 5) is 61.3. The predicted molar refractivity (Wildman–Crippen MR) is 185 cm³/mol. The molecular formula is C35H43N5O8S. The van der Waals surface area contributed by atoms with Crippen molar-refractivity contribution < 1.29 is 33.0 Å². The summed E-state index contributed by atoms with van der Waals surface area (Å²) in [6.07, 6.45) is 1.64. The van der Waals surface area contributed by atoms with Crippen molar-refractivity contribution in [3.05, 3.63) is 87.8 Å². The zero-order chi connectivity index (χ0) is 36.3. The van der Waals surface area contributed by atoms with Crippen molar-refractivity contribution >= 4 is 44.7 Å². The van der Waals surface area contributed by atoms with Crippen LogP contribution in [0.4, 0.5) is 5.95 Å². The van der Waals surface area contributed by atoms with E-state index in [2.05, 4.69) is 20.3 Å². The molecule has 0 spiro atoms. The molecule has 0 aliphatic rings. The number of nitrogens with two attached hydrogens (primary N) is 1. The molecule has 0 aliphatic carbocycles. The topological polar surface area (TPSA) is 225 Å². The molecule has 0 radical (unpaired) electrons. The zero-order valence-corrected chi connectivity index (χ0v) is 28.9. The standard InChI is InChI=1S/C35H43N5O8S/c1-20(49(47,48)25-12-7-6-8-13-25)10-9-11-24(31(43)44)18-35(32(45)46,34(3,4)5)40-29(41)23-16-14-22(15-17-23)21(2)26-19-37-28-27(26)30(42)39-33(36)38-28/h6-8,12-17,19-21,24H,9-11,18H2,1-5H3,(H,40,41)(H,43,44)(H,45,46)(H4,36,37,38,39,42)/t20?,21?,24?,35-/m0/s1. The fourth-order valence-electron chi connectivity index (χ4n) is 6.13. The Morgan fingerprint density at radius 3 is 2.18 bits per heavy atom. The van der Waals surface area contributed by atoms with Crippen LogP contribution in [0.5, 0.6) is 0 Å². The summed E-state index contributed by atoms with van der Waals surface area (Å²) in [5, 5.41) is 22.9. The highest BCUT2D eigenvalue weighted by Gasteiger charge is 2.52. The van der Waals surface area contributed by atoms with Crippen LogP contribution in [0.1, 0.15) is 87.7 Å². The van der Waals surface area contributed by atoms with Crippen LogP contribution in [0.2, 0.25) is 0 Å². The Morgan fingerprint density at radius 1 is 0.980 bits per heavy atom. The summed E-state index contributed by atoms with van der Waals surface area (Å²) in [6, 6.07) is 14.5. The molecule has 14 heteroatoms. The van der Waals surface area contributed by atoms with Crippen molar-refractivity contribution in [3.63, 3.8) is 0 Å². The fraction of sp³-hybridized carbons (Fsp3) is 0.400. The van der Waals surface area contributed by atoms with Crippen LogP contribution in [0.3, 0.4) is 0 Å². The second-order valence-corrected chi connectivity index (χ2v) is 15.9. The number of carboxylic acids is 2. The Morgan fingerprint density at radius 2 is 1.61 bits per heavy atom. The van der Waals surface area contributed by atoms with E-state index in [-0.39, 0.29) is 47.1 Å². The number of hydrogen-bond donors (Lipinski definition) is 6. The van der Waals surface area contributed by atoms with Gasteiger partial charge in [-0.15, -0.1) is 0 Å². The lowest BCUT2D eigenvalue weighted by molar-refractivity contribution is -0.153. The van der Waals surface area contributed by atoms with Gasteiger partial charge in [0.1, 0.15) is 11.2 Å².